The molecule has 0 aliphatic carbocycles. The van der Waals surface area contributed by atoms with Gasteiger partial charge in [0, 0.05) is 35.3 Å². The van der Waals surface area contributed by atoms with E-state index in [9.17, 15) is 21.6 Å². The molecule has 29 heavy (non-hydrogen) atoms. The summed E-state index contributed by atoms with van der Waals surface area (Å²) in [6.07, 6.45) is -2.73. The first-order chi connectivity index (χ1) is 13.3. The van der Waals surface area contributed by atoms with Crippen molar-refractivity contribution in [1.82, 2.24) is 9.62 Å². The van der Waals surface area contributed by atoms with Crippen molar-refractivity contribution in [3.05, 3.63) is 21.9 Å². The Morgan fingerprint density at radius 2 is 2.07 bits per heavy atom. The molecule has 0 spiro atoms. The van der Waals surface area contributed by atoms with Gasteiger partial charge in [-0.05, 0) is 37.9 Å². The highest BCUT2D eigenvalue weighted by Gasteiger charge is 2.41. The van der Waals surface area contributed by atoms with Crippen molar-refractivity contribution in [3.8, 4) is 0 Å². The summed E-state index contributed by atoms with van der Waals surface area (Å²) in [5.41, 5.74) is 0. The van der Waals surface area contributed by atoms with E-state index in [2.05, 4.69) is 28.7 Å². The molecule has 2 aliphatic heterocycles. The van der Waals surface area contributed by atoms with Gasteiger partial charge in [-0.2, -0.15) is 13.2 Å². The Kier molecular flexibility index (Phi) is 8.08. The molecule has 2 aliphatic rings. The SMILES string of the molecule is Cc1ccc(CN2CC[C@H]3CO[C@H](CNS(C)(=O)=O)[C@H]3C2)s1.O=C(O)C(F)(F)F. The molecule has 2 fully saturated rings. The van der Waals surface area contributed by atoms with Crippen molar-refractivity contribution in [2.24, 2.45) is 11.8 Å². The third-order valence-corrected chi connectivity index (χ3v) is 6.53. The lowest BCUT2D eigenvalue weighted by Gasteiger charge is -2.35. The lowest BCUT2D eigenvalue weighted by Crippen LogP contribution is -2.44. The number of nitrogens with zero attached hydrogens (tertiary/aromatic N) is 1. The molecule has 0 amide bonds. The van der Waals surface area contributed by atoms with E-state index in [-0.39, 0.29) is 6.10 Å². The fourth-order valence-electron chi connectivity index (χ4n) is 3.48. The number of carbonyl (C=O) groups is 1. The van der Waals surface area contributed by atoms with Crippen molar-refractivity contribution in [3.63, 3.8) is 0 Å². The maximum atomic E-state index is 11.3. The smallest absolute Gasteiger partial charge is 0.475 e. The number of aliphatic carboxylic acids is 1. The van der Waals surface area contributed by atoms with Crippen molar-refractivity contribution < 1.29 is 36.2 Å². The van der Waals surface area contributed by atoms with Crippen molar-refractivity contribution in [2.75, 3.05) is 32.5 Å². The van der Waals surface area contributed by atoms with Gasteiger partial charge in [-0.25, -0.2) is 17.9 Å². The first-order valence-corrected chi connectivity index (χ1v) is 11.7. The Labute approximate surface area is 171 Å². The number of hydrogen-bond donors (Lipinski definition) is 2. The van der Waals surface area contributed by atoms with Gasteiger partial charge in [0.2, 0.25) is 10.0 Å². The molecule has 3 heterocycles. The quantitative estimate of drug-likeness (QED) is 0.702. The number of likely N-dealkylation sites (tertiary alicyclic amines) is 1. The van der Waals surface area contributed by atoms with Crippen LogP contribution >= 0.6 is 11.3 Å². The molecule has 7 nitrogen and oxygen atoms in total. The predicted molar refractivity (Wildman–Crippen MR) is 102 cm³/mol. The van der Waals surface area contributed by atoms with E-state index in [0.717, 1.165) is 32.7 Å². The molecular weight excluding hydrogens is 433 g/mol. The zero-order valence-corrected chi connectivity index (χ0v) is 17.7. The van der Waals surface area contributed by atoms with E-state index in [1.807, 2.05) is 11.3 Å². The van der Waals surface area contributed by atoms with Crippen LogP contribution in [0.1, 0.15) is 16.2 Å². The van der Waals surface area contributed by atoms with Crippen LogP contribution in [0.3, 0.4) is 0 Å². The maximum Gasteiger partial charge on any atom is 0.490 e. The second-order valence-corrected chi connectivity index (χ2v) is 10.5. The third-order valence-electron chi connectivity index (χ3n) is 4.86. The van der Waals surface area contributed by atoms with Crippen LogP contribution in [-0.4, -0.2) is 69.2 Å². The Balaban J connectivity index is 0.000000370. The van der Waals surface area contributed by atoms with Crippen LogP contribution in [0.5, 0.6) is 0 Å². The number of piperidine rings is 1. The van der Waals surface area contributed by atoms with Crippen LogP contribution in [-0.2, 0) is 26.1 Å². The molecule has 12 heteroatoms. The van der Waals surface area contributed by atoms with E-state index >= 15 is 0 Å². The summed E-state index contributed by atoms with van der Waals surface area (Å²) in [6, 6.07) is 4.38. The number of ether oxygens (including phenoxy) is 1. The number of thiophene rings is 1. The number of carboxylic acids is 1. The number of aryl methyl sites for hydroxylation is 1. The highest BCUT2D eigenvalue weighted by Crippen LogP contribution is 2.34. The maximum absolute atomic E-state index is 11.3. The third kappa shape index (κ3) is 7.85. The molecular formula is C17H25F3N2O5S2. The second kappa shape index (κ2) is 9.73. The van der Waals surface area contributed by atoms with Crippen LogP contribution in [0, 0.1) is 18.8 Å². The Bertz CT molecular complexity index is 797. The zero-order valence-electron chi connectivity index (χ0n) is 16.1. The molecule has 2 N–H and O–H groups in total. The minimum Gasteiger partial charge on any atom is -0.475 e. The topological polar surface area (TPSA) is 95.9 Å². The standard InChI is InChI=1S/C15H24N2O3S2.C2HF3O2/c1-11-3-4-13(21-11)8-17-6-5-12-10-20-15(14(12)9-17)7-16-22(2,18)19;3-2(4,5)1(6)7/h3-4,12,14-16H,5-10H2,1-2H3;(H,6,7)/t12-,14-,15+;/m0./s1. The first kappa shape index (κ1) is 24.1. The molecule has 0 saturated carbocycles. The van der Waals surface area contributed by atoms with Gasteiger partial charge in [-0.15, -0.1) is 11.3 Å². The Hall–Kier alpha value is -1.21. The molecule has 2 saturated heterocycles. The van der Waals surface area contributed by atoms with Crippen LogP contribution in [0.15, 0.2) is 12.1 Å². The molecule has 0 aromatic carbocycles. The summed E-state index contributed by atoms with van der Waals surface area (Å²) >= 11 is 1.86. The second-order valence-electron chi connectivity index (χ2n) is 7.26. The van der Waals surface area contributed by atoms with Crippen molar-refractivity contribution in [1.29, 1.82) is 0 Å². The average molecular weight is 459 g/mol. The first-order valence-electron chi connectivity index (χ1n) is 8.99. The highest BCUT2D eigenvalue weighted by atomic mass is 32.2. The Morgan fingerprint density at radius 3 is 2.59 bits per heavy atom. The van der Waals surface area contributed by atoms with Gasteiger partial charge < -0.3 is 9.84 Å². The molecule has 0 radical (unpaired) electrons. The van der Waals surface area contributed by atoms with Crippen molar-refractivity contribution >= 4 is 27.3 Å². The average Bonchev–Trinajstić information content (AvgIpc) is 3.18. The van der Waals surface area contributed by atoms with Crippen LogP contribution < -0.4 is 4.72 Å². The summed E-state index contributed by atoms with van der Waals surface area (Å²) in [4.78, 5) is 14.1. The predicted octanol–water partition coefficient (Wildman–Crippen LogP) is 2.08. The molecule has 3 atom stereocenters. The normalized spacial score (nSPS) is 25.2. The van der Waals surface area contributed by atoms with Crippen LogP contribution in [0.4, 0.5) is 13.2 Å². The number of hydrogen-bond acceptors (Lipinski definition) is 6. The summed E-state index contributed by atoms with van der Waals surface area (Å²) in [7, 11) is -3.15. The largest absolute Gasteiger partial charge is 0.490 e. The van der Waals surface area contributed by atoms with E-state index in [1.54, 1.807) is 0 Å². The van der Waals surface area contributed by atoms with Gasteiger partial charge >= 0.3 is 12.1 Å². The van der Waals surface area contributed by atoms with E-state index < -0.39 is 22.2 Å². The van der Waals surface area contributed by atoms with Crippen molar-refractivity contribution in [2.45, 2.75) is 32.2 Å². The molecule has 1 aromatic heterocycles. The van der Waals surface area contributed by atoms with E-state index in [4.69, 9.17) is 14.6 Å². The van der Waals surface area contributed by atoms with Gasteiger partial charge in [0.1, 0.15) is 0 Å². The molecule has 1 aromatic rings. The summed E-state index contributed by atoms with van der Waals surface area (Å²) < 4.78 is 62.7. The fourth-order valence-corrected chi connectivity index (χ4v) is 4.88. The summed E-state index contributed by atoms with van der Waals surface area (Å²) in [5.74, 6) is -1.75. The number of sulfonamides is 1. The fraction of sp³-hybridized carbons (Fsp3) is 0.706. The van der Waals surface area contributed by atoms with Gasteiger partial charge in [0.05, 0.1) is 19.0 Å². The van der Waals surface area contributed by atoms with E-state index in [1.165, 1.54) is 16.0 Å². The van der Waals surface area contributed by atoms with Gasteiger partial charge in [-0.1, -0.05) is 0 Å². The zero-order chi connectivity index (χ0) is 21.8. The molecule has 0 unspecified atom stereocenters. The van der Waals surface area contributed by atoms with Gasteiger partial charge in [0.25, 0.3) is 0 Å². The van der Waals surface area contributed by atoms with E-state index in [0.29, 0.717) is 18.4 Å². The van der Waals surface area contributed by atoms with Gasteiger partial charge in [-0.3, -0.25) is 4.90 Å². The van der Waals surface area contributed by atoms with Crippen LogP contribution in [0.2, 0.25) is 0 Å². The van der Waals surface area contributed by atoms with Gasteiger partial charge in [0.15, 0.2) is 0 Å². The monoisotopic (exact) mass is 458 g/mol. The number of fused-ring (bicyclic) bond motifs is 1. The lowest BCUT2D eigenvalue weighted by atomic mass is 9.84. The van der Waals surface area contributed by atoms with Crippen LogP contribution in [0.25, 0.3) is 0 Å². The number of nitrogens with one attached hydrogen (secondary N) is 1. The number of rotatable bonds is 5. The number of halogens is 3. The minimum absolute atomic E-state index is 0.00703. The number of alkyl halides is 3. The lowest BCUT2D eigenvalue weighted by molar-refractivity contribution is -0.192. The summed E-state index contributed by atoms with van der Waals surface area (Å²) in [6.45, 7) is 6.40. The number of carboxylic acid groups (broad SMARTS) is 1. The molecule has 3 rings (SSSR count). The molecule has 166 valence electrons. The highest BCUT2D eigenvalue weighted by molar-refractivity contribution is 7.88. The summed E-state index contributed by atoms with van der Waals surface area (Å²) in [5, 5.41) is 7.12. The Morgan fingerprint density at radius 1 is 1.41 bits per heavy atom. The minimum atomic E-state index is -5.08. The molecule has 0 bridgehead atoms.